The Morgan fingerprint density at radius 3 is 2.00 bits per heavy atom. The minimum atomic E-state index is -0.612. The third-order valence-corrected chi connectivity index (χ3v) is 5.16. The first-order valence-electron chi connectivity index (χ1n) is 10.3. The molecule has 30 heavy (non-hydrogen) atoms. The number of nitrogens with one attached hydrogen (secondary N) is 1. The van der Waals surface area contributed by atoms with Crippen molar-refractivity contribution >= 4 is 11.8 Å². The third-order valence-electron chi connectivity index (χ3n) is 5.16. The van der Waals surface area contributed by atoms with Crippen LogP contribution in [0.4, 0.5) is 0 Å². The maximum atomic E-state index is 12.4. The molecule has 2 N–H and O–H groups in total. The third kappa shape index (κ3) is 5.89. The standard InChI is InChI=1S/C23H29N3O4/c27-16-18-30-17-11-24-22(28)23(29)26-14-12-25(13-15-26)21(19-7-3-1-4-8-19)20-9-5-2-6-10-20/h1-10,21,27H,11-18H2,(H,24,28). The summed E-state index contributed by atoms with van der Waals surface area (Å²) in [5.74, 6) is -1.12. The number of ether oxygens (including phenoxy) is 1. The number of carbonyl (C=O) groups excluding carboxylic acids is 2. The number of aliphatic hydroxyl groups is 1. The maximum Gasteiger partial charge on any atom is 0.311 e. The molecule has 2 amide bonds. The van der Waals surface area contributed by atoms with E-state index in [1.165, 1.54) is 11.1 Å². The van der Waals surface area contributed by atoms with E-state index < -0.39 is 11.8 Å². The molecule has 1 aliphatic rings. The van der Waals surface area contributed by atoms with Crippen LogP contribution in [0.25, 0.3) is 0 Å². The molecule has 0 radical (unpaired) electrons. The summed E-state index contributed by atoms with van der Waals surface area (Å²) in [7, 11) is 0. The molecule has 1 saturated heterocycles. The lowest BCUT2D eigenvalue weighted by Crippen LogP contribution is -2.53. The van der Waals surface area contributed by atoms with Crippen molar-refractivity contribution in [1.29, 1.82) is 0 Å². The number of rotatable bonds is 8. The lowest BCUT2D eigenvalue weighted by molar-refractivity contribution is -0.147. The van der Waals surface area contributed by atoms with E-state index in [0.29, 0.717) is 26.2 Å². The summed E-state index contributed by atoms with van der Waals surface area (Å²) in [6.45, 7) is 3.05. The fraction of sp³-hybridized carbons (Fsp3) is 0.391. The number of piperazine rings is 1. The molecule has 1 heterocycles. The minimum absolute atomic E-state index is 0.0654. The number of aliphatic hydroxyl groups excluding tert-OH is 1. The van der Waals surface area contributed by atoms with Crippen LogP contribution in [-0.2, 0) is 14.3 Å². The van der Waals surface area contributed by atoms with E-state index in [0.717, 1.165) is 0 Å². The number of hydrogen-bond acceptors (Lipinski definition) is 5. The quantitative estimate of drug-likeness (QED) is 0.501. The normalized spacial score (nSPS) is 14.7. The van der Waals surface area contributed by atoms with Crippen LogP contribution in [-0.4, -0.2) is 79.3 Å². The van der Waals surface area contributed by atoms with E-state index >= 15 is 0 Å². The fourth-order valence-corrected chi connectivity index (χ4v) is 3.69. The molecule has 1 aliphatic heterocycles. The smallest absolute Gasteiger partial charge is 0.311 e. The van der Waals surface area contributed by atoms with Crippen LogP contribution in [0.3, 0.4) is 0 Å². The molecule has 0 aliphatic carbocycles. The largest absolute Gasteiger partial charge is 0.394 e. The molecule has 160 valence electrons. The molecule has 3 rings (SSSR count). The maximum absolute atomic E-state index is 12.4. The summed E-state index contributed by atoms with van der Waals surface area (Å²) in [5.41, 5.74) is 2.42. The van der Waals surface area contributed by atoms with Gasteiger partial charge in [0, 0.05) is 32.7 Å². The average molecular weight is 412 g/mol. The topological polar surface area (TPSA) is 82.1 Å². The van der Waals surface area contributed by atoms with Gasteiger partial charge in [-0.1, -0.05) is 60.7 Å². The Bertz CT molecular complexity index is 753. The monoisotopic (exact) mass is 411 g/mol. The molecule has 7 heteroatoms. The molecular formula is C23H29N3O4. The summed E-state index contributed by atoms with van der Waals surface area (Å²) in [5, 5.41) is 11.2. The summed E-state index contributed by atoms with van der Waals surface area (Å²) >= 11 is 0. The highest BCUT2D eigenvalue weighted by Gasteiger charge is 2.30. The van der Waals surface area contributed by atoms with Crippen LogP contribution >= 0.6 is 0 Å². The zero-order valence-electron chi connectivity index (χ0n) is 17.1. The van der Waals surface area contributed by atoms with Gasteiger partial charge in [-0.3, -0.25) is 14.5 Å². The van der Waals surface area contributed by atoms with Gasteiger partial charge in [0.25, 0.3) is 0 Å². The van der Waals surface area contributed by atoms with Gasteiger partial charge in [0.15, 0.2) is 0 Å². The van der Waals surface area contributed by atoms with Crippen molar-refractivity contribution in [2.75, 3.05) is 52.5 Å². The van der Waals surface area contributed by atoms with Crippen LogP contribution in [0.5, 0.6) is 0 Å². The van der Waals surface area contributed by atoms with E-state index in [1.54, 1.807) is 4.90 Å². The molecule has 1 fully saturated rings. The molecule has 0 aromatic heterocycles. The average Bonchev–Trinajstić information content (AvgIpc) is 2.80. The molecule has 0 spiro atoms. The van der Waals surface area contributed by atoms with E-state index in [1.807, 2.05) is 36.4 Å². The highest BCUT2D eigenvalue weighted by molar-refractivity contribution is 6.35. The van der Waals surface area contributed by atoms with Crippen molar-refractivity contribution in [2.24, 2.45) is 0 Å². The van der Waals surface area contributed by atoms with Crippen molar-refractivity contribution in [1.82, 2.24) is 15.1 Å². The first kappa shape index (κ1) is 22.0. The van der Waals surface area contributed by atoms with Gasteiger partial charge in [-0.05, 0) is 11.1 Å². The van der Waals surface area contributed by atoms with Crippen LogP contribution in [0.1, 0.15) is 17.2 Å². The number of nitrogens with zero attached hydrogens (tertiary/aromatic N) is 2. The van der Waals surface area contributed by atoms with Crippen LogP contribution in [0, 0.1) is 0 Å². The number of benzene rings is 2. The van der Waals surface area contributed by atoms with Crippen molar-refractivity contribution < 1.29 is 19.4 Å². The molecule has 0 bridgehead atoms. The second-order valence-corrected chi connectivity index (χ2v) is 7.14. The van der Waals surface area contributed by atoms with E-state index in [2.05, 4.69) is 34.5 Å². The van der Waals surface area contributed by atoms with Gasteiger partial charge in [0.05, 0.1) is 25.9 Å². The Kier molecular flexibility index (Phi) is 8.38. The van der Waals surface area contributed by atoms with Crippen molar-refractivity contribution in [3.63, 3.8) is 0 Å². The van der Waals surface area contributed by atoms with Crippen molar-refractivity contribution in [3.8, 4) is 0 Å². The Morgan fingerprint density at radius 2 is 1.47 bits per heavy atom. The molecule has 0 saturated carbocycles. The van der Waals surface area contributed by atoms with E-state index in [4.69, 9.17) is 9.84 Å². The van der Waals surface area contributed by atoms with Gasteiger partial charge >= 0.3 is 11.8 Å². The Balaban J connectivity index is 1.57. The van der Waals surface area contributed by atoms with Crippen LogP contribution in [0.15, 0.2) is 60.7 Å². The molecule has 0 atom stereocenters. The first-order valence-corrected chi connectivity index (χ1v) is 10.3. The predicted octanol–water partition coefficient (Wildman–Crippen LogP) is 1.05. The number of carbonyl (C=O) groups is 2. The molecular weight excluding hydrogens is 382 g/mol. The summed E-state index contributed by atoms with van der Waals surface area (Å²) in [6.07, 6.45) is 0. The Morgan fingerprint density at radius 1 is 0.900 bits per heavy atom. The Hall–Kier alpha value is -2.74. The molecule has 0 unspecified atom stereocenters. The van der Waals surface area contributed by atoms with Gasteiger partial charge in [-0.2, -0.15) is 0 Å². The van der Waals surface area contributed by atoms with Crippen molar-refractivity contribution in [3.05, 3.63) is 71.8 Å². The lowest BCUT2D eigenvalue weighted by atomic mass is 9.96. The number of amides is 2. The van der Waals surface area contributed by atoms with Crippen LogP contribution in [0.2, 0.25) is 0 Å². The van der Waals surface area contributed by atoms with E-state index in [-0.39, 0.29) is 32.4 Å². The molecule has 7 nitrogen and oxygen atoms in total. The SMILES string of the molecule is O=C(NCCOCCO)C(=O)N1CCN(C(c2ccccc2)c2ccccc2)CC1. The number of hydrogen-bond donors (Lipinski definition) is 2. The van der Waals surface area contributed by atoms with Gasteiger partial charge < -0.3 is 20.1 Å². The second-order valence-electron chi connectivity index (χ2n) is 7.14. The van der Waals surface area contributed by atoms with Gasteiger partial charge in [0.1, 0.15) is 0 Å². The molecule has 2 aromatic carbocycles. The van der Waals surface area contributed by atoms with Gasteiger partial charge in [-0.15, -0.1) is 0 Å². The van der Waals surface area contributed by atoms with Gasteiger partial charge in [0.2, 0.25) is 0 Å². The summed E-state index contributed by atoms with van der Waals surface area (Å²) < 4.78 is 5.09. The summed E-state index contributed by atoms with van der Waals surface area (Å²) in [4.78, 5) is 28.5. The van der Waals surface area contributed by atoms with Crippen molar-refractivity contribution in [2.45, 2.75) is 6.04 Å². The first-order chi connectivity index (χ1) is 14.7. The minimum Gasteiger partial charge on any atom is -0.394 e. The highest BCUT2D eigenvalue weighted by Crippen LogP contribution is 2.29. The summed E-state index contributed by atoms with van der Waals surface area (Å²) in [6, 6.07) is 20.8. The van der Waals surface area contributed by atoms with Gasteiger partial charge in [-0.25, -0.2) is 0 Å². The fourth-order valence-electron chi connectivity index (χ4n) is 3.69. The second kappa shape index (κ2) is 11.4. The molecule has 2 aromatic rings. The lowest BCUT2D eigenvalue weighted by Gasteiger charge is -2.39. The predicted molar refractivity (Wildman–Crippen MR) is 114 cm³/mol. The highest BCUT2D eigenvalue weighted by atomic mass is 16.5. The Labute approximate surface area is 177 Å². The zero-order valence-corrected chi connectivity index (χ0v) is 17.1. The van der Waals surface area contributed by atoms with Crippen LogP contribution < -0.4 is 5.32 Å². The zero-order chi connectivity index (χ0) is 21.2. The van der Waals surface area contributed by atoms with E-state index in [9.17, 15) is 9.59 Å².